The van der Waals surface area contributed by atoms with Crippen LogP contribution in [0.5, 0.6) is 11.5 Å². The van der Waals surface area contributed by atoms with Crippen molar-refractivity contribution in [2.45, 2.75) is 17.6 Å². The molecule has 2 amide bonds. The minimum atomic E-state index is -5.08. The molecule has 4 rings (SSSR count). The second-order valence-corrected chi connectivity index (χ2v) is 9.90. The van der Waals surface area contributed by atoms with Gasteiger partial charge in [-0.15, -0.1) is 23.1 Å². The van der Waals surface area contributed by atoms with Gasteiger partial charge >= 0.3 is 18.1 Å². The Kier molecular flexibility index (Phi) is 9.66. The zero-order valence-electron chi connectivity index (χ0n) is 20.6. The van der Waals surface area contributed by atoms with E-state index in [1.165, 1.54) is 24.3 Å². The number of benzene rings is 1. The van der Waals surface area contributed by atoms with E-state index in [0.29, 0.717) is 17.1 Å². The van der Waals surface area contributed by atoms with Crippen LogP contribution in [0.3, 0.4) is 0 Å². The number of nitrogens with zero attached hydrogens (tertiary/aromatic N) is 3. The van der Waals surface area contributed by atoms with Gasteiger partial charge in [0.2, 0.25) is 0 Å². The first-order chi connectivity index (χ1) is 19.3. The number of ether oxygens (including phenoxy) is 2. The number of nitrogens with one attached hydrogen (secondary N) is 1. The van der Waals surface area contributed by atoms with Crippen molar-refractivity contribution in [1.82, 2.24) is 15.2 Å². The molecule has 2 aliphatic heterocycles. The summed E-state index contributed by atoms with van der Waals surface area (Å²) in [6.07, 6.45) is -5.08. The summed E-state index contributed by atoms with van der Waals surface area (Å²) in [4.78, 5) is 51.3. The Bertz CT molecular complexity index is 1410. The lowest BCUT2D eigenvalue weighted by atomic mass is 10.0. The van der Waals surface area contributed by atoms with Crippen LogP contribution in [0.2, 0.25) is 0 Å². The number of carboxylic acid groups (broad SMARTS) is 2. The number of fused-ring (bicyclic) bond motifs is 1. The third-order valence-corrected chi connectivity index (χ3v) is 7.33. The van der Waals surface area contributed by atoms with E-state index in [4.69, 9.17) is 25.1 Å². The quantitative estimate of drug-likeness (QED) is 0.123. The van der Waals surface area contributed by atoms with E-state index in [0.717, 1.165) is 16.2 Å². The number of amides is 2. The van der Waals surface area contributed by atoms with E-state index in [-0.39, 0.29) is 28.9 Å². The summed E-state index contributed by atoms with van der Waals surface area (Å²) in [5, 5.41) is 32.6. The number of oxime groups is 1. The number of anilines is 1. The van der Waals surface area contributed by atoms with E-state index in [9.17, 15) is 37.9 Å². The van der Waals surface area contributed by atoms with Gasteiger partial charge in [0, 0.05) is 22.8 Å². The molecule has 0 radical (unpaired) electrons. The first kappa shape index (κ1) is 31.0. The lowest BCUT2D eigenvalue weighted by Crippen LogP contribution is -2.71. The van der Waals surface area contributed by atoms with Gasteiger partial charge in [-0.3, -0.25) is 14.5 Å². The number of nitrogen functional groups attached to an aromatic ring is 1. The van der Waals surface area contributed by atoms with E-state index >= 15 is 0 Å². The van der Waals surface area contributed by atoms with Gasteiger partial charge in [0.1, 0.15) is 40.9 Å². The van der Waals surface area contributed by atoms with Crippen molar-refractivity contribution in [3.8, 4) is 11.5 Å². The molecule has 2 aromatic rings. The van der Waals surface area contributed by atoms with Crippen LogP contribution in [-0.4, -0.2) is 91.8 Å². The average Bonchev–Trinajstić information content (AvgIpc) is 3.35. The normalized spacial score (nSPS) is 18.4. The van der Waals surface area contributed by atoms with E-state index in [1.807, 2.05) is 0 Å². The van der Waals surface area contributed by atoms with Crippen molar-refractivity contribution in [1.29, 1.82) is 0 Å². The molecule has 1 aromatic carbocycles. The monoisotopic (exact) mass is 619 g/mol. The number of carboxylic acids is 2. The Balaban J connectivity index is 0.000000587. The summed E-state index contributed by atoms with van der Waals surface area (Å²) in [6.45, 7) is -0.0398. The van der Waals surface area contributed by atoms with Crippen LogP contribution in [-0.2, 0) is 19.2 Å². The van der Waals surface area contributed by atoms with Gasteiger partial charge < -0.3 is 35.9 Å². The third-order valence-electron chi connectivity index (χ3n) is 5.31. The summed E-state index contributed by atoms with van der Waals surface area (Å²) < 4.78 is 42.6. The number of thioether (sulfide) groups is 1. The lowest BCUT2D eigenvalue weighted by Gasteiger charge is -2.49. The predicted octanol–water partition coefficient (Wildman–Crippen LogP) is 1.36. The largest absolute Gasteiger partial charge is 0.497 e. The average molecular weight is 620 g/mol. The molecule has 19 heteroatoms. The molecule has 2 atom stereocenters. The molecule has 41 heavy (non-hydrogen) atoms. The molecular formula is C22H20F3N5O9S2. The number of rotatable bonds is 8. The fourth-order valence-corrected chi connectivity index (χ4v) is 5.35. The Morgan fingerprint density at radius 1 is 1.27 bits per heavy atom. The fourth-order valence-electron chi connectivity index (χ4n) is 3.47. The van der Waals surface area contributed by atoms with Gasteiger partial charge in [-0.05, 0) is 12.1 Å². The Labute approximate surface area is 236 Å². The van der Waals surface area contributed by atoms with Gasteiger partial charge in [0.25, 0.3) is 11.8 Å². The molecule has 0 aliphatic carbocycles. The summed E-state index contributed by atoms with van der Waals surface area (Å²) in [5.41, 5.74) is 5.46. The number of nitrogens with two attached hydrogens (primary N) is 1. The minimum absolute atomic E-state index is 0.0398. The van der Waals surface area contributed by atoms with E-state index in [2.05, 4.69) is 15.5 Å². The van der Waals surface area contributed by atoms with E-state index in [1.54, 1.807) is 24.3 Å². The maximum atomic E-state index is 12.8. The molecule has 6 N–H and O–H groups in total. The van der Waals surface area contributed by atoms with Crippen LogP contribution in [0, 0.1) is 0 Å². The number of methoxy groups -OCH3 is 1. The summed E-state index contributed by atoms with van der Waals surface area (Å²) in [5.74, 6) is -4.12. The van der Waals surface area contributed by atoms with Crippen molar-refractivity contribution >= 4 is 57.7 Å². The Morgan fingerprint density at radius 3 is 2.46 bits per heavy atom. The molecule has 1 unspecified atom stereocenters. The predicted molar refractivity (Wildman–Crippen MR) is 137 cm³/mol. The summed E-state index contributed by atoms with van der Waals surface area (Å²) in [7, 11) is 1.52. The number of β-lactam (4-membered cyclic amide) rings is 1. The first-order valence-electron chi connectivity index (χ1n) is 11.0. The van der Waals surface area contributed by atoms with Gasteiger partial charge in [-0.2, -0.15) is 13.2 Å². The molecule has 0 spiro atoms. The molecule has 0 bridgehead atoms. The number of thiazole rings is 1. The van der Waals surface area contributed by atoms with Crippen LogP contribution in [0.25, 0.3) is 0 Å². The third kappa shape index (κ3) is 7.17. The fraction of sp³-hybridized carbons (Fsp3) is 0.273. The standard InChI is InChI=1S/C20H19N5O7S2.C2HF3O2/c1-31-10-3-2-4-11(5-10)32-6-9-7-33-18-14(17(27)25(18)15(9)19(28)29)23-16(26)13(24-30)12-8-34-20(21)22-12;3-2(4,5)1(6)7/h2-5,8,14,18,30H,6-7H2,1H3,(H2,21,22)(H,23,26)(H,28,29);(H,6,7)/b24-13-;/t14?,18-;/m1./s1. The first-order valence-corrected chi connectivity index (χ1v) is 12.9. The highest BCUT2D eigenvalue weighted by Gasteiger charge is 2.54. The molecule has 0 saturated carbocycles. The lowest BCUT2D eigenvalue weighted by molar-refractivity contribution is -0.192. The molecular weight excluding hydrogens is 599 g/mol. The smallest absolute Gasteiger partial charge is 0.490 e. The minimum Gasteiger partial charge on any atom is -0.497 e. The van der Waals surface area contributed by atoms with Gasteiger partial charge in [-0.1, -0.05) is 11.2 Å². The van der Waals surface area contributed by atoms with Gasteiger partial charge in [0.05, 0.1) is 7.11 Å². The molecule has 220 valence electrons. The van der Waals surface area contributed by atoms with Crippen molar-refractivity contribution < 1.29 is 57.2 Å². The number of hydrogen-bond donors (Lipinski definition) is 5. The van der Waals surface area contributed by atoms with Crippen molar-refractivity contribution in [2.24, 2.45) is 5.16 Å². The molecule has 1 fully saturated rings. The maximum Gasteiger partial charge on any atom is 0.490 e. The second kappa shape index (κ2) is 12.8. The molecule has 14 nitrogen and oxygen atoms in total. The highest BCUT2D eigenvalue weighted by atomic mass is 32.2. The Hall–Kier alpha value is -4.52. The number of alkyl halides is 3. The van der Waals surface area contributed by atoms with Gasteiger partial charge in [-0.25, -0.2) is 14.6 Å². The second-order valence-electron chi connectivity index (χ2n) is 7.91. The van der Waals surface area contributed by atoms with E-state index < -0.39 is 47.1 Å². The van der Waals surface area contributed by atoms with Crippen molar-refractivity contribution in [3.63, 3.8) is 0 Å². The number of halogens is 3. The number of aliphatic carboxylic acids is 2. The SMILES string of the molecule is COc1cccc(OCC2=C(C(=O)O)N3C(=O)C(NC(=O)/C(=N\O)c4csc(N)n4)[C@H]3SC2)c1.O=C(O)C(F)(F)F. The maximum absolute atomic E-state index is 12.8. The molecule has 1 aromatic heterocycles. The molecule has 1 saturated heterocycles. The highest BCUT2D eigenvalue weighted by Crippen LogP contribution is 2.40. The number of carbonyl (C=O) groups excluding carboxylic acids is 2. The van der Waals surface area contributed by atoms with Crippen LogP contribution in [0.15, 0.2) is 46.1 Å². The van der Waals surface area contributed by atoms with Crippen LogP contribution in [0.4, 0.5) is 18.3 Å². The van der Waals surface area contributed by atoms with Crippen LogP contribution in [0.1, 0.15) is 5.69 Å². The summed E-state index contributed by atoms with van der Waals surface area (Å²) in [6, 6.07) is 5.86. The van der Waals surface area contributed by atoms with Crippen LogP contribution >= 0.6 is 23.1 Å². The van der Waals surface area contributed by atoms with Crippen LogP contribution < -0.4 is 20.5 Å². The number of hydrogen-bond acceptors (Lipinski definition) is 12. The van der Waals surface area contributed by atoms with Crippen molar-refractivity contribution in [3.05, 3.63) is 46.6 Å². The molecule has 2 aliphatic rings. The zero-order chi connectivity index (χ0) is 30.5. The topological polar surface area (TPSA) is 214 Å². The zero-order valence-corrected chi connectivity index (χ0v) is 22.2. The molecule has 3 heterocycles. The highest BCUT2D eigenvalue weighted by molar-refractivity contribution is 8.00. The number of aromatic nitrogens is 1. The van der Waals surface area contributed by atoms with Crippen molar-refractivity contribution in [2.75, 3.05) is 25.2 Å². The van der Waals surface area contributed by atoms with Gasteiger partial charge in [0.15, 0.2) is 10.8 Å². The Morgan fingerprint density at radius 2 is 1.93 bits per heavy atom. The summed E-state index contributed by atoms with van der Waals surface area (Å²) >= 11 is 2.34. The number of carbonyl (C=O) groups is 4.